The molecule has 0 saturated heterocycles. The number of benzene rings is 8. The lowest BCUT2D eigenvalue weighted by molar-refractivity contribution is 0.660. The first-order valence-electron chi connectivity index (χ1n) is 19.3. The summed E-state index contributed by atoms with van der Waals surface area (Å²) in [6.07, 6.45) is 0. The second-order valence-electron chi connectivity index (χ2n) is 15.5. The molecule has 2 heteroatoms. The van der Waals surface area contributed by atoms with E-state index in [1.54, 1.807) is 0 Å². The molecule has 0 atom stereocenters. The molecule has 2 nitrogen and oxygen atoms in total. The summed E-state index contributed by atoms with van der Waals surface area (Å²) in [5.41, 5.74) is 19.8. The quantitative estimate of drug-likeness (QED) is 0.167. The van der Waals surface area contributed by atoms with E-state index in [1.165, 1.54) is 94.5 Å². The van der Waals surface area contributed by atoms with Gasteiger partial charge < -0.3 is 9.47 Å². The molecule has 0 bridgehead atoms. The van der Waals surface area contributed by atoms with Crippen LogP contribution in [0.15, 0.2) is 182 Å². The van der Waals surface area contributed by atoms with E-state index in [9.17, 15) is 0 Å². The summed E-state index contributed by atoms with van der Waals surface area (Å²) in [7, 11) is 0. The first-order valence-corrected chi connectivity index (χ1v) is 19.3. The summed E-state index contributed by atoms with van der Waals surface area (Å²) < 4.78 is 2.38. The van der Waals surface area contributed by atoms with Gasteiger partial charge >= 0.3 is 0 Å². The van der Waals surface area contributed by atoms with Crippen LogP contribution in [0.3, 0.4) is 0 Å². The molecule has 1 aliphatic rings. The zero-order valence-electron chi connectivity index (χ0n) is 31.7. The van der Waals surface area contributed by atoms with Crippen LogP contribution in [0, 0.1) is 13.8 Å². The molecule has 0 spiro atoms. The van der Waals surface area contributed by atoms with E-state index in [0.29, 0.717) is 0 Å². The van der Waals surface area contributed by atoms with E-state index in [-0.39, 0.29) is 5.41 Å². The Balaban J connectivity index is 1.13. The molecule has 0 unspecified atom stereocenters. The van der Waals surface area contributed by atoms with Gasteiger partial charge in [-0.15, -0.1) is 0 Å². The third kappa shape index (κ3) is 5.32. The number of hydrogen-bond donors (Lipinski definition) is 0. The summed E-state index contributed by atoms with van der Waals surface area (Å²) in [6, 6.07) is 66.8. The molecule has 0 N–H and O–H groups in total. The minimum Gasteiger partial charge on any atom is -0.310 e. The maximum Gasteiger partial charge on any atom is 0.0541 e. The normalized spacial score (nSPS) is 12.9. The van der Waals surface area contributed by atoms with Crippen molar-refractivity contribution in [3.63, 3.8) is 0 Å². The Bertz CT molecular complexity index is 2890. The molecule has 8 aromatic carbocycles. The molecule has 0 amide bonds. The van der Waals surface area contributed by atoms with Crippen LogP contribution in [-0.2, 0) is 5.41 Å². The Morgan fingerprint density at radius 3 is 1.84 bits per heavy atom. The fourth-order valence-electron chi connectivity index (χ4n) is 9.18. The highest BCUT2D eigenvalue weighted by Crippen LogP contribution is 2.51. The third-order valence-corrected chi connectivity index (χ3v) is 11.8. The van der Waals surface area contributed by atoms with E-state index in [0.717, 1.165) is 5.69 Å². The van der Waals surface area contributed by atoms with Crippen LogP contribution in [0.1, 0.15) is 36.1 Å². The molecule has 9 aromatic rings. The molecule has 1 aromatic heterocycles. The second-order valence-corrected chi connectivity index (χ2v) is 15.5. The Hall–Kier alpha value is -6.64. The fourth-order valence-corrected chi connectivity index (χ4v) is 9.18. The van der Waals surface area contributed by atoms with Gasteiger partial charge in [-0.05, 0) is 136 Å². The van der Waals surface area contributed by atoms with Crippen molar-refractivity contribution in [2.75, 3.05) is 4.90 Å². The highest BCUT2D eigenvalue weighted by molar-refractivity contribution is 6.10. The van der Waals surface area contributed by atoms with Crippen LogP contribution < -0.4 is 4.90 Å². The number of rotatable bonds is 6. The zero-order valence-corrected chi connectivity index (χ0v) is 31.7. The number of aromatic nitrogens is 1. The molecule has 0 aliphatic heterocycles. The van der Waals surface area contributed by atoms with Gasteiger partial charge in [0.05, 0.1) is 16.7 Å². The number of fused-ring (bicyclic) bond motifs is 6. The monoisotopic (exact) mass is 706 g/mol. The lowest BCUT2D eigenvalue weighted by Crippen LogP contribution is -2.17. The topological polar surface area (TPSA) is 8.17 Å². The number of para-hydroxylation sites is 2. The molecule has 10 rings (SSSR count). The number of aryl methyl sites for hydroxylation is 2. The number of hydrogen-bond acceptors (Lipinski definition) is 1. The summed E-state index contributed by atoms with van der Waals surface area (Å²) in [4.78, 5) is 2.48. The predicted octanol–water partition coefficient (Wildman–Crippen LogP) is 14.5. The Morgan fingerprint density at radius 1 is 0.418 bits per heavy atom. The molecule has 264 valence electrons. The SMILES string of the molecule is Cc1cc(-c2ccc3c(c2)c2ccccc2n3-c2ccccc2)cc(C)c1N(c1cccc(-c2ccccc2)c1)c1ccc2c(c1)C(C)(C)c1ccccc1-2. The maximum atomic E-state index is 2.48. The third-order valence-electron chi connectivity index (χ3n) is 11.8. The van der Waals surface area contributed by atoms with Crippen LogP contribution >= 0.6 is 0 Å². The van der Waals surface area contributed by atoms with Crippen molar-refractivity contribution >= 4 is 38.9 Å². The predicted molar refractivity (Wildman–Crippen MR) is 233 cm³/mol. The van der Waals surface area contributed by atoms with Crippen LogP contribution in [-0.4, -0.2) is 4.57 Å². The first kappa shape index (κ1) is 33.0. The lowest BCUT2D eigenvalue weighted by Gasteiger charge is -2.31. The smallest absolute Gasteiger partial charge is 0.0541 e. The van der Waals surface area contributed by atoms with Crippen molar-refractivity contribution in [2.45, 2.75) is 33.1 Å². The van der Waals surface area contributed by atoms with Crippen molar-refractivity contribution in [3.05, 3.63) is 204 Å². The molecule has 55 heavy (non-hydrogen) atoms. The van der Waals surface area contributed by atoms with Crippen molar-refractivity contribution in [3.8, 4) is 39.1 Å². The van der Waals surface area contributed by atoms with E-state index < -0.39 is 0 Å². The van der Waals surface area contributed by atoms with E-state index >= 15 is 0 Å². The molecule has 1 heterocycles. The largest absolute Gasteiger partial charge is 0.310 e. The van der Waals surface area contributed by atoms with Crippen molar-refractivity contribution in [1.29, 1.82) is 0 Å². The molecule has 0 saturated carbocycles. The van der Waals surface area contributed by atoms with Gasteiger partial charge in [0.15, 0.2) is 0 Å². The average molecular weight is 707 g/mol. The Labute approximate surface area is 323 Å². The van der Waals surface area contributed by atoms with Crippen molar-refractivity contribution in [1.82, 2.24) is 4.57 Å². The van der Waals surface area contributed by atoms with E-state index in [4.69, 9.17) is 0 Å². The Kier molecular flexibility index (Phi) is 7.64. The summed E-state index contributed by atoms with van der Waals surface area (Å²) in [5, 5.41) is 2.52. The van der Waals surface area contributed by atoms with Gasteiger partial charge in [0.2, 0.25) is 0 Å². The lowest BCUT2D eigenvalue weighted by atomic mass is 9.82. The van der Waals surface area contributed by atoms with Gasteiger partial charge in [-0.3, -0.25) is 0 Å². The highest BCUT2D eigenvalue weighted by atomic mass is 15.1. The van der Waals surface area contributed by atoms with Crippen molar-refractivity contribution in [2.24, 2.45) is 0 Å². The summed E-state index contributed by atoms with van der Waals surface area (Å²) in [5.74, 6) is 0. The summed E-state index contributed by atoms with van der Waals surface area (Å²) >= 11 is 0. The van der Waals surface area contributed by atoms with Gasteiger partial charge in [0.25, 0.3) is 0 Å². The molecule has 0 fully saturated rings. The van der Waals surface area contributed by atoms with Crippen LogP contribution in [0.2, 0.25) is 0 Å². The van der Waals surface area contributed by atoms with Crippen LogP contribution in [0.25, 0.3) is 60.9 Å². The average Bonchev–Trinajstić information content (AvgIpc) is 3.67. The second kappa shape index (κ2) is 12.7. The van der Waals surface area contributed by atoms with Gasteiger partial charge in [-0.2, -0.15) is 0 Å². The minimum atomic E-state index is -0.101. The fraction of sp³-hybridized carbons (Fsp3) is 0.0943. The van der Waals surface area contributed by atoms with Crippen LogP contribution in [0.5, 0.6) is 0 Å². The molecule has 1 aliphatic carbocycles. The van der Waals surface area contributed by atoms with Gasteiger partial charge in [0, 0.05) is 33.2 Å². The minimum absolute atomic E-state index is 0.101. The van der Waals surface area contributed by atoms with Gasteiger partial charge in [0.1, 0.15) is 0 Å². The van der Waals surface area contributed by atoms with Gasteiger partial charge in [-0.25, -0.2) is 0 Å². The van der Waals surface area contributed by atoms with Crippen molar-refractivity contribution < 1.29 is 0 Å². The highest BCUT2D eigenvalue weighted by Gasteiger charge is 2.36. The molecular formula is C53H42N2. The first-order chi connectivity index (χ1) is 26.9. The van der Waals surface area contributed by atoms with E-state index in [1.807, 2.05) is 0 Å². The maximum absolute atomic E-state index is 2.48. The van der Waals surface area contributed by atoms with E-state index in [2.05, 4.69) is 219 Å². The number of anilines is 3. The molecular weight excluding hydrogens is 665 g/mol. The summed E-state index contributed by atoms with van der Waals surface area (Å²) in [6.45, 7) is 9.27. The molecule has 0 radical (unpaired) electrons. The number of nitrogens with zero attached hydrogens (tertiary/aromatic N) is 2. The van der Waals surface area contributed by atoms with Crippen LogP contribution in [0.4, 0.5) is 17.1 Å². The Morgan fingerprint density at radius 2 is 1.04 bits per heavy atom. The van der Waals surface area contributed by atoms with Gasteiger partial charge in [-0.1, -0.05) is 129 Å². The zero-order chi connectivity index (χ0) is 37.3. The standard InChI is InChI=1S/C53H42N2/c1-35-30-40(39-26-29-51-47(33-39)46-23-12-14-25-50(46)55(51)41-19-9-6-10-20-41)31-36(2)52(35)54(42-21-15-18-38(32-42)37-16-7-5-8-17-37)43-27-28-45-44-22-11-13-24-48(44)53(3,4)49(45)34-43/h5-34H,1-4H3.